The summed E-state index contributed by atoms with van der Waals surface area (Å²) in [7, 11) is 1.69. The van der Waals surface area contributed by atoms with Crippen molar-refractivity contribution in [3.63, 3.8) is 0 Å². The summed E-state index contributed by atoms with van der Waals surface area (Å²) in [6.07, 6.45) is 3.01. The van der Waals surface area contributed by atoms with Crippen molar-refractivity contribution < 1.29 is 9.53 Å². The van der Waals surface area contributed by atoms with Crippen LogP contribution in [0.5, 0.6) is 5.75 Å². The molecule has 0 aromatic heterocycles. The van der Waals surface area contributed by atoms with Crippen LogP contribution in [0.15, 0.2) is 24.3 Å². The van der Waals surface area contributed by atoms with Gasteiger partial charge in [0.2, 0.25) is 0 Å². The van der Waals surface area contributed by atoms with Crippen molar-refractivity contribution in [2.75, 3.05) is 7.11 Å². The van der Waals surface area contributed by atoms with E-state index in [9.17, 15) is 4.79 Å². The fourth-order valence-corrected chi connectivity index (χ4v) is 2.03. The predicted octanol–water partition coefficient (Wildman–Crippen LogP) is 2.39. The van der Waals surface area contributed by atoms with Crippen LogP contribution < -0.4 is 4.74 Å². The molecule has 1 aliphatic carbocycles. The van der Waals surface area contributed by atoms with Gasteiger partial charge in [-0.25, -0.2) is 0 Å². The van der Waals surface area contributed by atoms with Crippen molar-refractivity contribution in [1.82, 2.24) is 0 Å². The molecule has 0 spiro atoms. The number of para-hydroxylation sites is 1. The Hall–Kier alpha value is -1.31. The number of ether oxygens (including phenoxy) is 1. The summed E-state index contributed by atoms with van der Waals surface area (Å²) in [5.41, 5.74) is 1.24. The predicted molar refractivity (Wildman–Crippen MR) is 54.5 cm³/mol. The van der Waals surface area contributed by atoms with Crippen LogP contribution in [0.4, 0.5) is 0 Å². The summed E-state index contributed by atoms with van der Waals surface area (Å²) in [6, 6.07) is 8.05. The highest BCUT2D eigenvalue weighted by Gasteiger charge is 2.31. The van der Waals surface area contributed by atoms with Crippen molar-refractivity contribution in [2.45, 2.75) is 18.8 Å². The number of carbonyl (C=O) groups is 1. The lowest BCUT2D eigenvalue weighted by Crippen LogP contribution is -2.23. The lowest BCUT2D eigenvalue weighted by Gasteiger charge is -2.32. The number of hydrogen-bond donors (Lipinski definition) is 0. The van der Waals surface area contributed by atoms with Crippen molar-refractivity contribution in [3.05, 3.63) is 29.8 Å². The molecule has 0 radical (unpaired) electrons. The summed E-state index contributed by atoms with van der Waals surface area (Å²) in [5.74, 6) is 1.73. The molecule has 0 saturated heterocycles. The number of rotatable bonds is 3. The van der Waals surface area contributed by atoms with E-state index in [4.69, 9.17) is 4.74 Å². The van der Waals surface area contributed by atoms with Crippen molar-refractivity contribution >= 4 is 6.29 Å². The van der Waals surface area contributed by atoms with Gasteiger partial charge in [-0.2, -0.15) is 0 Å². The van der Waals surface area contributed by atoms with Crippen LogP contribution >= 0.6 is 0 Å². The van der Waals surface area contributed by atoms with Gasteiger partial charge in [-0.3, -0.25) is 0 Å². The third kappa shape index (κ3) is 1.52. The first kappa shape index (κ1) is 9.25. The fourth-order valence-electron chi connectivity index (χ4n) is 2.03. The molecule has 0 unspecified atom stereocenters. The Labute approximate surface area is 83.9 Å². The topological polar surface area (TPSA) is 26.3 Å². The highest BCUT2D eigenvalue weighted by molar-refractivity contribution is 5.56. The maximum atomic E-state index is 10.5. The Balaban J connectivity index is 2.13. The van der Waals surface area contributed by atoms with E-state index in [0.29, 0.717) is 5.92 Å². The third-order valence-corrected chi connectivity index (χ3v) is 2.95. The van der Waals surface area contributed by atoms with Gasteiger partial charge in [0.15, 0.2) is 0 Å². The van der Waals surface area contributed by atoms with Gasteiger partial charge in [0, 0.05) is 5.92 Å². The molecule has 0 aliphatic heterocycles. The molecule has 0 bridgehead atoms. The van der Waals surface area contributed by atoms with Crippen LogP contribution in [0.1, 0.15) is 24.3 Å². The monoisotopic (exact) mass is 190 g/mol. The van der Waals surface area contributed by atoms with E-state index in [1.54, 1.807) is 7.11 Å². The lowest BCUT2D eigenvalue weighted by molar-refractivity contribution is -0.113. The Bertz CT molecular complexity index is 327. The fraction of sp³-hybridized carbons (Fsp3) is 0.417. The number of benzene rings is 1. The van der Waals surface area contributed by atoms with Gasteiger partial charge in [-0.05, 0) is 30.4 Å². The van der Waals surface area contributed by atoms with Crippen LogP contribution in [0, 0.1) is 5.92 Å². The van der Waals surface area contributed by atoms with E-state index in [2.05, 4.69) is 6.07 Å². The lowest BCUT2D eigenvalue weighted by atomic mass is 9.72. The summed E-state index contributed by atoms with van der Waals surface area (Å²) < 4.78 is 5.28. The zero-order valence-electron chi connectivity index (χ0n) is 8.27. The highest BCUT2D eigenvalue weighted by Crippen LogP contribution is 2.43. The van der Waals surface area contributed by atoms with Crippen molar-refractivity contribution in [1.29, 1.82) is 0 Å². The van der Waals surface area contributed by atoms with Crippen LogP contribution in [-0.2, 0) is 4.79 Å². The zero-order valence-corrected chi connectivity index (χ0v) is 8.27. The molecule has 2 rings (SSSR count). The smallest absolute Gasteiger partial charge is 0.123 e. The van der Waals surface area contributed by atoms with E-state index in [0.717, 1.165) is 24.9 Å². The largest absolute Gasteiger partial charge is 0.496 e. The Kier molecular flexibility index (Phi) is 2.53. The number of carbonyl (C=O) groups excluding carboxylic acids is 1. The van der Waals surface area contributed by atoms with E-state index < -0.39 is 0 Å². The molecule has 74 valence electrons. The van der Waals surface area contributed by atoms with Gasteiger partial charge in [-0.1, -0.05) is 18.2 Å². The number of methoxy groups -OCH3 is 1. The van der Waals surface area contributed by atoms with Gasteiger partial charge < -0.3 is 9.53 Å². The summed E-state index contributed by atoms with van der Waals surface area (Å²) in [5, 5.41) is 0. The molecule has 1 aromatic carbocycles. The van der Waals surface area contributed by atoms with Gasteiger partial charge in [0.25, 0.3) is 0 Å². The number of hydrogen-bond acceptors (Lipinski definition) is 2. The normalized spacial score (nSPS) is 25.2. The molecule has 0 amide bonds. The molecule has 1 aromatic rings. The maximum Gasteiger partial charge on any atom is 0.123 e. The van der Waals surface area contributed by atoms with Crippen LogP contribution in [0.2, 0.25) is 0 Å². The van der Waals surface area contributed by atoms with Gasteiger partial charge in [0.1, 0.15) is 12.0 Å². The van der Waals surface area contributed by atoms with E-state index in [1.165, 1.54) is 5.56 Å². The first-order valence-electron chi connectivity index (χ1n) is 4.93. The van der Waals surface area contributed by atoms with Gasteiger partial charge in [-0.15, -0.1) is 0 Å². The molecule has 14 heavy (non-hydrogen) atoms. The van der Waals surface area contributed by atoms with E-state index in [1.807, 2.05) is 18.2 Å². The van der Waals surface area contributed by atoms with Crippen molar-refractivity contribution in [2.24, 2.45) is 5.92 Å². The SMILES string of the molecule is COc1ccccc1C1CC(C=O)C1. The van der Waals surface area contributed by atoms with Crippen LogP contribution in [-0.4, -0.2) is 13.4 Å². The minimum atomic E-state index is 0.268. The Morgan fingerprint density at radius 2 is 2.07 bits per heavy atom. The summed E-state index contributed by atoms with van der Waals surface area (Å²) in [4.78, 5) is 10.5. The number of aldehydes is 1. The quantitative estimate of drug-likeness (QED) is 0.684. The standard InChI is InChI=1S/C12H14O2/c1-14-12-5-3-2-4-11(12)10-6-9(7-10)8-13/h2-5,8-10H,6-7H2,1H3. The molecule has 1 saturated carbocycles. The first-order chi connectivity index (χ1) is 6.85. The minimum absolute atomic E-state index is 0.268. The maximum absolute atomic E-state index is 10.5. The second-order valence-corrected chi connectivity index (χ2v) is 3.81. The van der Waals surface area contributed by atoms with Gasteiger partial charge >= 0.3 is 0 Å². The van der Waals surface area contributed by atoms with E-state index in [-0.39, 0.29) is 5.92 Å². The molecule has 2 heteroatoms. The average molecular weight is 190 g/mol. The molecule has 0 heterocycles. The molecule has 0 atom stereocenters. The molecular weight excluding hydrogens is 176 g/mol. The molecular formula is C12H14O2. The molecule has 2 nitrogen and oxygen atoms in total. The Morgan fingerprint density at radius 1 is 1.36 bits per heavy atom. The van der Waals surface area contributed by atoms with Crippen LogP contribution in [0.3, 0.4) is 0 Å². The average Bonchev–Trinajstić information content (AvgIpc) is 2.17. The van der Waals surface area contributed by atoms with Crippen molar-refractivity contribution in [3.8, 4) is 5.75 Å². The van der Waals surface area contributed by atoms with E-state index >= 15 is 0 Å². The van der Waals surface area contributed by atoms with Gasteiger partial charge in [0.05, 0.1) is 7.11 Å². The zero-order chi connectivity index (χ0) is 9.97. The third-order valence-electron chi connectivity index (χ3n) is 2.95. The second kappa shape index (κ2) is 3.82. The second-order valence-electron chi connectivity index (χ2n) is 3.81. The summed E-state index contributed by atoms with van der Waals surface area (Å²) in [6.45, 7) is 0. The molecule has 1 aliphatic rings. The molecule has 0 N–H and O–H groups in total. The minimum Gasteiger partial charge on any atom is -0.496 e. The molecule has 1 fully saturated rings. The van der Waals surface area contributed by atoms with Crippen LogP contribution in [0.25, 0.3) is 0 Å². The first-order valence-corrected chi connectivity index (χ1v) is 4.93. The summed E-state index contributed by atoms with van der Waals surface area (Å²) >= 11 is 0. The Morgan fingerprint density at radius 3 is 2.71 bits per heavy atom. The highest BCUT2D eigenvalue weighted by atomic mass is 16.5.